The van der Waals surface area contributed by atoms with Gasteiger partial charge in [0.15, 0.2) is 0 Å². The molecule has 1 aromatic carbocycles. The highest BCUT2D eigenvalue weighted by atomic mass is 32.2. The third-order valence-electron chi connectivity index (χ3n) is 2.25. The van der Waals surface area contributed by atoms with E-state index in [9.17, 15) is 9.00 Å². The number of para-hydroxylation sites is 1. The molecule has 18 heavy (non-hydrogen) atoms. The SMILES string of the molecule is COCC(C)NC(=O)CS(=O)c1ccccc1N. The van der Waals surface area contributed by atoms with Crippen LogP contribution in [0, 0.1) is 0 Å². The number of hydrogen-bond acceptors (Lipinski definition) is 4. The average Bonchev–Trinajstić information content (AvgIpc) is 2.29. The minimum atomic E-state index is -1.42. The van der Waals surface area contributed by atoms with Gasteiger partial charge in [0.2, 0.25) is 5.91 Å². The molecule has 0 aliphatic heterocycles. The molecular formula is C12H18N2O3S. The molecule has 3 N–H and O–H groups in total. The molecule has 0 spiro atoms. The second-order valence-corrected chi connectivity index (χ2v) is 5.37. The molecule has 0 saturated heterocycles. The van der Waals surface area contributed by atoms with Gasteiger partial charge in [-0.15, -0.1) is 0 Å². The van der Waals surface area contributed by atoms with Crippen LogP contribution in [-0.4, -0.2) is 35.6 Å². The zero-order valence-electron chi connectivity index (χ0n) is 10.5. The number of hydrogen-bond donors (Lipinski definition) is 2. The van der Waals surface area contributed by atoms with Crippen LogP contribution in [0.5, 0.6) is 0 Å². The zero-order chi connectivity index (χ0) is 13.5. The van der Waals surface area contributed by atoms with Gasteiger partial charge in [0.1, 0.15) is 5.75 Å². The maximum atomic E-state index is 12.0. The summed E-state index contributed by atoms with van der Waals surface area (Å²) < 4.78 is 16.9. The first-order chi connectivity index (χ1) is 8.54. The minimum Gasteiger partial charge on any atom is -0.398 e. The fourth-order valence-corrected chi connectivity index (χ4v) is 2.53. The summed E-state index contributed by atoms with van der Waals surface area (Å²) in [6.45, 7) is 2.24. The van der Waals surface area contributed by atoms with E-state index in [1.807, 2.05) is 6.92 Å². The number of amides is 1. The topological polar surface area (TPSA) is 81.4 Å². The maximum Gasteiger partial charge on any atom is 0.233 e. The Balaban J connectivity index is 2.55. The monoisotopic (exact) mass is 270 g/mol. The molecule has 6 heteroatoms. The second-order valence-electron chi connectivity index (χ2n) is 3.95. The van der Waals surface area contributed by atoms with Crippen molar-refractivity contribution < 1.29 is 13.7 Å². The van der Waals surface area contributed by atoms with Crippen molar-refractivity contribution in [2.45, 2.75) is 17.9 Å². The van der Waals surface area contributed by atoms with Crippen molar-refractivity contribution in [1.82, 2.24) is 5.32 Å². The van der Waals surface area contributed by atoms with Crippen LogP contribution in [0.3, 0.4) is 0 Å². The van der Waals surface area contributed by atoms with Gasteiger partial charge in [0, 0.05) is 18.8 Å². The first kappa shape index (κ1) is 14.7. The number of nitrogens with one attached hydrogen (secondary N) is 1. The van der Waals surface area contributed by atoms with Gasteiger partial charge >= 0.3 is 0 Å². The maximum absolute atomic E-state index is 12.0. The van der Waals surface area contributed by atoms with Gasteiger partial charge in [-0.3, -0.25) is 9.00 Å². The molecule has 100 valence electrons. The molecule has 0 aliphatic carbocycles. The van der Waals surface area contributed by atoms with E-state index in [0.29, 0.717) is 17.2 Å². The highest BCUT2D eigenvalue weighted by Gasteiger charge is 2.14. The van der Waals surface area contributed by atoms with Crippen LogP contribution in [0.15, 0.2) is 29.2 Å². The highest BCUT2D eigenvalue weighted by molar-refractivity contribution is 7.86. The summed E-state index contributed by atoms with van der Waals surface area (Å²) >= 11 is 0. The number of nitrogens with two attached hydrogens (primary N) is 1. The molecule has 2 atom stereocenters. The van der Waals surface area contributed by atoms with Crippen molar-refractivity contribution in [2.24, 2.45) is 0 Å². The summed E-state index contributed by atoms with van der Waals surface area (Å²) in [4.78, 5) is 12.1. The zero-order valence-corrected chi connectivity index (χ0v) is 11.3. The summed E-state index contributed by atoms with van der Waals surface area (Å²) in [5.41, 5.74) is 6.14. The predicted octanol–water partition coefficient (Wildman–Crippen LogP) is 0.527. The Labute approximate surface area is 109 Å². The Morgan fingerprint density at radius 2 is 2.17 bits per heavy atom. The van der Waals surface area contributed by atoms with Crippen molar-refractivity contribution in [3.05, 3.63) is 24.3 Å². The van der Waals surface area contributed by atoms with Gasteiger partial charge in [0.25, 0.3) is 0 Å². The van der Waals surface area contributed by atoms with E-state index in [4.69, 9.17) is 10.5 Å². The molecule has 0 heterocycles. The molecule has 1 rings (SSSR count). The molecule has 0 fully saturated rings. The Hall–Kier alpha value is -1.40. The number of anilines is 1. The molecule has 0 bridgehead atoms. The normalized spacial score (nSPS) is 13.9. The lowest BCUT2D eigenvalue weighted by molar-refractivity contribution is -0.119. The molecular weight excluding hydrogens is 252 g/mol. The van der Waals surface area contributed by atoms with Gasteiger partial charge in [-0.1, -0.05) is 12.1 Å². The molecule has 2 unspecified atom stereocenters. The molecule has 0 radical (unpaired) electrons. The number of carbonyl (C=O) groups excluding carboxylic acids is 1. The summed E-state index contributed by atoms with van der Waals surface area (Å²) in [5.74, 6) is -0.372. The third kappa shape index (κ3) is 4.46. The summed E-state index contributed by atoms with van der Waals surface area (Å²) in [7, 11) is 0.138. The van der Waals surface area contributed by atoms with Crippen LogP contribution >= 0.6 is 0 Å². The number of nitrogen functional groups attached to an aromatic ring is 1. The van der Waals surface area contributed by atoms with Crippen molar-refractivity contribution >= 4 is 22.4 Å². The minimum absolute atomic E-state index is 0.0950. The Morgan fingerprint density at radius 3 is 2.78 bits per heavy atom. The standard InChI is InChI=1S/C12H18N2O3S/c1-9(7-17-2)14-12(15)8-18(16)11-6-4-3-5-10(11)13/h3-6,9H,7-8,13H2,1-2H3,(H,14,15). The lowest BCUT2D eigenvalue weighted by Crippen LogP contribution is -2.38. The molecule has 0 aliphatic rings. The molecule has 1 amide bonds. The van der Waals surface area contributed by atoms with Crippen LogP contribution in [-0.2, 0) is 20.3 Å². The van der Waals surface area contributed by atoms with Gasteiger partial charge in [-0.05, 0) is 19.1 Å². The fourth-order valence-electron chi connectivity index (χ4n) is 1.49. The van der Waals surface area contributed by atoms with E-state index in [2.05, 4.69) is 5.32 Å². The largest absolute Gasteiger partial charge is 0.398 e. The number of carbonyl (C=O) groups is 1. The van der Waals surface area contributed by atoms with E-state index in [1.165, 1.54) is 0 Å². The summed E-state index contributed by atoms with van der Waals surface area (Å²) in [6.07, 6.45) is 0. The van der Waals surface area contributed by atoms with E-state index in [0.717, 1.165) is 0 Å². The Morgan fingerprint density at radius 1 is 1.50 bits per heavy atom. The lowest BCUT2D eigenvalue weighted by atomic mass is 10.3. The fraction of sp³-hybridized carbons (Fsp3) is 0.417. The number of rotatable bonds is 6. The number of benzene rings is 1. The van der Waals surface area contributed by atoms with Crippen molar-refractivity contribution in [2.75, 3.05) is 25.2 Å². The van der Waals surface area contributed by atoms with Gasteiger partial charge in [-0.25, -0.2) is 0 Å². The van der Waals surface area contributed by atoms with Gasteiger partial charge in [0.05, 0.1) is 22.3 Å². The molecule has 0 saturated carbocycles. The summed E-state index contributed by atoms with van der Waals surface area (Å²) in [5, 5.41) is 2.70. The Kier molecular flexibility index (Phi) is 5.80. The van der Waals surface area contributed by atoms with Gasteiger partial charge < -0.3 is 15.8 Å². The lowest BCUT2D eigenvalue weighted by Gasteiger charge is -2.12. The van der Waals surface area contributed by atoms with Gasteiger partial charge in [-0.2, -0.15) is 0 Å². The van der Waals surface area contributed by atoms with Crippen LogP contribution in [0.1, 0.15) is 6.92 Å². The molecule has 5 nitrogen and oxygen atoms in total. The molecule has 1 aromatic rings. The first-order valence-corrected chi connectivity index (χ1v) is 6.87. The van der Waals surface area contributed by atoms with Crippen LogP contribution in [0.4, 0.5) is 5.69 Å². The van der Waals surface area contributed by atoms with Crippen LogP contribution < -0.4 is 11.1 Å². The summed E-state index contributed by atoms with van der Waals surface area (Å²) in [6, 6.07) is 6.73. The van der Waals surface area contributed by atoms with E-state index < -0.39 is 10.8 Å². The predicted molar refractivity (Wildman–Crippen MR) is 71.6 cm³/mol. The third-order valence-corrected chi connectivity index (χ3v) is 3.64. The number of ether oxygens (including phenoxy) is 1. The van der Waals surface area contributed by atoms with E-state index >= 15 is 0 Å². The second kappa shape index (κ2) is 7.13. The van der Waals surface area contributed by atoms with E-state index in [-0.39, 0.29) is 17.7 Å². The van der Waals surface area contributed by atoms with Crippen molar-refractivity contribution in [3.8, 4) is 0 Å². The number of methoxy groups -OCH3 is 1. The van der Waals surface area contributed by atoms with E-state index in [1.54, 1.807) is 31.4 Å². The average molecular weight is 270 g/mol. The molecule has 0 aromatic heterocycles. The van der Waals surface area contributed by atoms with Crippen LogP contribution in [0.25, 0.3) is 0 Å². The van der Waals surface area contributed by atoms with Crippen LogP contribution in [0.2, 0.25) is 0 Å². The smallest absolute Gasteiger partial charge is 0.233 e. The Bertz CT molecular complexity index is 437. The highest BCUT2D eigenvalue weighted by Crippen LogP contribution is 2.15. The van der Waals surface area contributed by atoms with Crippen molar-refractivity contribution in [1.29, 1.82) is 0 Å². The quantitative estimate of drug-likeness (QED) is 0.739. The van der Waals surface area contributed by atoms with Crippen molar-refractivity contribution in [3.63, 3.8) is 0 Å². The first-order valence-electron chi connectivity index (χ1n) is 5.55.